The normalized spacial score (nSPS) is 16.1. The second-order valence-electron chi connectivity index (χ2n) is 5.84. The summed E-state index contributed by atoms with van der Waals surface area (Å²) in [6.45, 7) is 9.41. The third-order valence-corrected chi connectivity index (χ3v) is 4.54. The van der Waals surface area contributed by atoms with Gasteiger partial charge in [0.25, 0.3) is 0 Å². The molecule has 3 rings (SSSR count). The Morgan fingerprint density at radius 1 is 1.04 bits per heavy atom. The monoisotopic (exact) mass is 370 g/mol. The van der Waals surface area contributed by atoms with Crippen molar-refractivity contribution in [2.24, 2.45) is 0 Å². The molecule has 134 valence electrons. The van der Waals surface area contributed by atoms with Gasteiger partial charge in [0.2, 0.25) is 0 Å². The molecule has 3 nitrogen and oxygen atoms in total. The highest BCUT2D eigenvalue weighted by atomic mass is 35.5. The van der Waals surface area contributed by atoms with Crippen molar-refractivity contribution in [2.75, 3.05) is 32.8 Å². The van der Waals surface area contributed by atoms with Crippen LogP contribution in [0.1, 0.15) is 31.9 Å². The second-order valence-corrected chi connectivity index (χ2v) is 5.84. The van der Waals surface area contributed by atoms with E-state index in [1.165, 1.54) is 16.3 Å². The minimum Gasteiger partial charge on any atom is -0.494 e. The van der Waals surface area contributed by atoms with Crippen molar-refractivity contribution >= 4 is 35.6 Å². The van der Waals surface area contributed by atoms with Gasteiger partial charge in [0.15, 0.2) is 0 Å². The van der Waals surface area contributed by atoms with Gasteiger partial charge < -0.3 is 10.1 Å². The van der Waals surface area contributed by atoms with Gasteiger partial charge in [-0.25, -0.2) is 0 Å². The van der Waals surface area contributed by atoms with Crippen LogP contribution >= 0.6 is 24.8 Å². The minimum atomic E-state index is 0. The topological polar surface area (TPSA) is 24.5 Å². The molecular formula is C19H28Cl2N2O. The quantitative estimate of drug-likeness (QED) is 0.841. The van der Waals surface area contributed by atoms with Crippen LogP contribution < -0.4 is 10.1 Å². The molecule has 0 spiro atoms. The van der Waals surface area contributed by atoms with Gasteiger partial charge in [-0.1, -0.05) is 37.3 Å². The second kappa shape index (κ2) is 10.1. The molecule has 0 aliphatic carbocycles. The molecule has 1 heterocycles. The van der Waals surface area contributed by atoms with Crippen molar-refractivity contribution in [2.45, 2.75) is 26.3 Å². The Morgan fingerprint density at radius 2 is 1.75 bits per heavy atom. The van der Waals surface area contributed by atoms with E-state index in [0.717, 1.165) is 38.3 Å². The fourth-order valence-corrected chi connectivity index (χ4v) is 3.54. The fourth-order valence-electron chi connectivity index (χ4n) is 3.54. The van der Waals surface area contributed by atoms with Crippen LogP contribution in [-0.2, 0) is 0 Å². The van der Waals surface area contributed by atoms with Gasteiger partial charge in [0, 0.05) is 37.8 Å². The number of benzene rings is 2. The van der Waals surface area contributed by atoms with Crippen LogP contribution in [0.3, 0.4) is 0 Å². The third kappa shape index (κ3) is 4.34. The van der Waals surface area contributed by atoms with E-state index in [1.54, 1.807) is 0 Å². The van der Waals surface area contributed by atoms with Crippen molar-refractivity contribution in [3.05, 3.63) is 42.0 Å². The Bertz CT molecular complexity index is 630. The summed E-state index contributed by atoms with van der Waals surface area (Å²) in [7, 11) is 0. The lowest BCUT2D eigenvalue weighted by Gasteiger charge is -2.36. The van der Waals surface area contributed by atoms with Gasteiger partial charge in [0.1, 0.15) is 5.75 Å². The molecule has 1 atom stereocenters. The van der Waals surface area contributed by atoms with Crippen LogP contribution in [0.4, 0.5) is 0 Å². The first-order valence-electron chi connectivity index (χ1n) is 8.44. The van der Waals surface area contributed by atoms with Gasteiger partial charge in [-0.3, -0.25) is 4.90 Å². The lowest BCUT2D eigenvalue weighted by molar-refractivity contribution is 0.166. The smallest absolute Gasteiger partial charge is 0.124 e. The highest BCUT2D eigenvalue weighted by Crippen LogP contribution is 2.37. The van der Waals surface area contributed by atoms with E-state index >= 15 is 0 Å². The molecular weight excluding hydrogens is 343 g/mol. The molecule has 1 saturated heterocycles. The summed E-state index contributed by atoms with van der Waals surface area (Å²) in [5, 5.41) is 6.08. The van der Waals surface area contributed by atoms with Gasteiger partial charge in [-0.15, -0.1) is 24.8 Å². The first-order valence-corrected chi connectivity index (χ1v) is 8.44. The van der Waals surface area contributed by atoms with Crippen LogP contribution in [-0.4, -0.2) is 37.7 Å². The molecule has 1 aliphatic rings. The number of rotatable bonds is 5. The summed E-state index contributed by atoms with van der Waals surface area (Å²) in [5.74, 6) is 1.05. The number of piperazine rings is 1. The summed E-state index contributed by atoms with van der Waals surface area (Å²) >= 11 is 0. The molecule has 5 heteroatoms. The summed E-state index contributed by atoms with van der Waals surface area (Å²) in [4.78, 5) is 2.60. The molecule has 0 aromatic heterocycles. The number of hydrogen-bond acceptors (Lipinski definition) is 3. The van der Waals surface area contributed by atoms with Crippen LogP contribution in [0, 0.1) is 0 Å². The number of halogens is 2. The third-order valence-electron chi connectivity index (χ3n) is 4.54. The van der Waals surface area contributed by atoms with E-state index in [0.29, 0.717) is 12.6 Å². The molecule has 0 bridgehead atoms. The first-order chi connectivity index (χ1) is 10.8. The fraction of sp³-hybridized carbons (Fsp3) is 0.474. The Kier molecular flexibility index (Phi) is 8.85. The zero-order valence-electron chi connectivity index (χ0n) is 14.5. The van der Waals surface area contributed by atoms with Gasteiger partial charge >= 0.3 is 0 Å². The standard InChI is InChI=1S/C19H26N2O.2ClH/c1-3-17(21-13-11-20-12-14-21)19-16-8-6-5-7-15(16)9-10-18(19)22-4-2;;/h5-10,17,20H,3-4,11-14H2,1-2H3;2*1H/t17-;;/m0../s1. The predicted molar refractivity (Wildman–Crippen MR) is 107 cm³/mol. The molecule has 24 heavy (non-hydrogen) atoms. The van der Waals surface area contributed by atoms with Crippen molar-refractivity contribution in [1.82, 2.24) is 10.2 Å². The van der Waals surface area contributed by atoms with Crippen LogP contribution in [0.5, 0.6) is 5.75 Å². The SMILES string of the molecule is CCOc1ccc2ccccc2c1[C@H](CC)N1CCNCC1.Cl.Cl. The highest BCUT2D eigenvalue weighted by molar-refractivity contribution is 5.88. The Morgan fingerprint density at radius 3 is 2.42 bits per heavy atom. The van der Waals surface area contributed by atoms with E-state index in [9.17, 15) is 0 Å². The number of nitrogens with zero attached hydrogens (tertiary/aromatic N) is 1. The van der Waals surface area contributed by atoms with Crippen molar-refractivity contribution in [3.63, 3.8) is 0 Å². The molecule has 2 aromatic carbocycles. The molecule has 0 radical (unpaired) electrons. The maximum atomic E-state index is 5.98. The lowest BCUT2D eigenvalue weighted by atomic mass is 9.94. The maximum absolute atomic E-state index is 5.98. The van der Waals surface area contributed by atoms with E-state index < -0.39 is 0 Å². The van der Waals surface area contributed by atoms with Gasteiger partial charge in [-0.2, -0.15) is 0 Å². The number of hydrogen-bond donors (Lipinski definition) is 1. The first kappa shape index (κ1) is 21.0. The molecule has 0 unspecified atom stereocenters. The van der Waals surface area contributed by atoms with E-state index in [4.69, 9.17) is 4.74 Å². The average Bonchev–Trinajstić information content (AvgIpc) is 2.58. The lowest BCUT2D eigenvalue weighted by Crippen LogP contribution is -2.45. The predicted octanol–water partition coefficient (Wildman–Crippen LogP) is 4.44. The van der Waals surface area contributed by atoms with Gasteiger partial charge in [-0.05, 0) is 30.2 Å². The van der Waals surface area contributed by atoms with E-state index in [1.807, 2.05) is 0 Å². The summed E-state index contributed by atoms with van der Waals surface area (Å²) in [6, 6.07) is 13.4. The Labute approximate surface area is 157 Å². The van der Waals surface area contributed by atoms with Crippen LogP contribution in [0.25, 0.3) is 10.8 Å². The van der Waals surface area contributed by atoms with Crippen LogP contribution in [0.2, 0.25) is 0 Å². The highest BCUT2D eigenvalue weighted by Gasteiger charge is 2.25. The van der Waals surface area contributed by atoms with E-state index in [2.05, 4.69) is 60.5 Å². The largest absolute Gasteiger partial charge is 0.494 e. The Balaban J connectivity index is 0.00000144. The van der Waals surface area contributed by atoms with Crippen molar-refractivity contribution in [1.29, 1.82) is 0 Å². The summed E-state index contributed by atoms with van der Waals surface area (Å²) < 4.78 is 5.98. The molecule has 1 fully saturated rings. The molecule has 2 aromatic rings. The number of ether oxygens (including phenoxy) is 1. The van der Waals surface area contributed by atoms with E-state index in [-0.39, 0.29) is 24.8 Å². The molecule has 1 N–H and O–H groups in total. The summed E-state index contributed by atoms with van der Waals surface area (Å²) in [5.41, 5.74) is 1.37. The molecule has 0 amide bonds. The van der Waals surface area contributed by atoms with Crippen LogP contribution in [0.15, 0.2) is 36.4 Å². The zero-order valence-corrected chi connectivity index (χ0v) is 16.1. The minimum absolute atomic E-state index is 0. The zero-order chi connectivity index (χ0) is 15.4. The Hall–Kier alpha value is -1.00. The summed E-state index contributed by atoms with van der Waals surface area (Å²) in [6.07, 6.45) is 1.11. The number of fused-ring (bicyclic) bond motifs is 1. The average molecular weight is 371 g/mol. The number of nitrogens with one attached hydrogen (secondary N) is 1. The molecule has 1 aliphatic heterocycles. The van der Waals surface area contributed by atoms with Gasteiger partial charge in [0.05, 0.1) is 6.61 Å². The maximum Gasteiger partial charge on any atom is 0.124 e. The molecule has 0 saturated carbocycles. The van der Waals surface area contributed by atoms with Crippen molar-refractivity contribution in [3.8, 4) is 5.75 Å². The van der Waals surface area contributed by atoms with Crippen molar-refractivity contribution < 1.29 is 4.74 Å².